The Morgan fingerprint density at radius 2 is 2.50 bits per heavy atom. The molecule has 2 aromatic rings. The van der Waals surface area contributed by atoms with Crippen LogP contribution >= 0.6 is 11.3 Å². The molecule has 1 N–H and O–H groups in total. The summed E-state index contributed by atoms with van der Waals surface area (Å²) in [5.41, 5.74) is 2.28. The number of rotatable bonds is 4. The minimum Gasteiger partial charge on any atom is -0.472 e. The number of furan rings is 1. The van der Waals surface area contributed by atoms with E-state index in [-0.39, 0.29) is 0 Å². The Morgan fingerprint density at radius 3 is 3.14 bits per heavy atom. The second-order valence-electron chi connectivity index (χ2n) is 2.98. The topological polar surface area (TPSA) is 38.1 Å². The fourth-order valence-corrected chi connectivity index (χ4v) is 1.91. The minimum absolute atomic E-state index is 0.771. The highest BCUT2D eigenvalue weighted by Gasteiger charge is 1.99. The summed E-state index contributed by atoms with van der Waals surface area (Å²) in [5, 5.41) is 6.31. The molecule has 2 rings (SSSR count). The summed E-state index contributed by atoms with van der Waals surface area (Å²) in [4.78, 5) is 4.40. The monoisotopic (exact) mass is 208 g/mol. The lowest BCUT2D eigenvalue weighted by Gasteiger charge is -1.98. The van der Waals surface area contributed by atoms with Crippen molar-refractivity contribution in [2.75, 3.05) is 5.32 Å². The molecule has 0 aliphatic carbocycles. The number of nitrogens with zero attached hydrogens (tertiary/aromatic N) is 1. The average Bonchev–Trinajstić information content (AvgIpc) is 2.86. The molecule has 3 nitrogen and oxygen atoms in total. The summed E-state index contributed by atoms with van der Waals surface area (Å²) < 4.78 is 4.97. The highest BCUT2D eigenvalue weighted by Crippen LogP contribution is 2.16. The van der Waals surface area contributed by atoms with Crippen LogP contribution in [0.25, 0.3) is 0 Å². The Morgan fingerprint density at radius 1 is 1.57 bits per heavy atom. The zero-order valence-electron chi connectivity index (χ0n) is 7.99. The molecule has 0 saturated heterocycles. The van der Waals surface area contributed by atoms with E-state index in [0.717, 1.165) is 29.4 Å². The van der Waals surface area contributed by atoms with Gasteiger partial charge in [0.2, 0.25) is 0 Å². The van der Waals surface area contributed by atoms with Crippen molar-refractivity contribution < 1.29 is 4.42 Å². The van der Waals surface area contributed by atoms with Crippen LogP contribution in [-0.2, 0) is 13.0 Å². The van der Waals surface area contributed by atoms with E-state index in [9.17, 15) is 0 Å². The van der Waals surface area contributed by atoms with E-state index in [4.69, 9.17) is 4.42 Å². The van der Waals surface area contributed by atoms with Crippen molar-refractivity contribution in [1.82, 2.24) is 4.98 Å². The summed E-state index contributed by atoms with van der Waals surface area (Å²) in [6, 6.07) is 1.95. The molecule has 0 fully saturated rings. The number of hydrogen-bond acceptors (Lipinski definition) is 4. The van der Waals surface area contributed by atoms with Gasteiger partial charge in [-0.3, -0.25) is 0 Å². The van der Waals surface area contributed by atoms with Gasteiger partial charge >= 0.3 is 0 Å². The SMILES string of the molecule is CCc1csc(NCc2ccoc2)n1. The Kier molecular flexibility index (Phi) is 2.84. The second kappa shape index (κ2) is 4.28. The van der Waals surface area contributed by atoms with E-state index >= 15 is 0 Å². The second-order valence-corrected chi connectivity index (χ2v) is 3.84. The summed E-state index contributed by atoms with van der Waals surface area (Å²) in [5.74, 6) is 0. The quantitative estimate of drug-likeness (QED) is 0.839. The molecule has 0 aromatic carbocycles. The van der Waals surface area contributed by atoms with Gasteiger partial charge in [0.1, 0.15) is 0 Å². The van der Waals surface area contributed by atoms with Crippen LogP contribution in [0.5, 0.6) is 0 Å². The number of aryl methyl sites for hydroxylation is 1. The molecule has 0 bridgehead atoms. The molecule has 0 unspecified atom stereocenters. The zero-order valence-corrected chi connectivity index (χ0v) is 8.80. The van der Waals surface area contributed by atoms with Crippen LogP contribution in [0.2, 0.25) is 0 Å². The van der Waals surface area contributed by atoms with Gasteiger partial charge in [-0.2, -0.15) is 0 Å². The molecule has 4 heteroatoms. The molecule has 0 amide bonds. The van der Waals surface area contributed by atoms with E-state index < -0.39 is 0 Å². The smallest absolute Gasteiger partial charge is 0.183 e. The average molecular weight is 208 g/mol. The summed E-state index contributed by atoms with van der Waals surface area (Å²) in [6.07, 6.45) is 4.40. The Bertz CT molecular complexity index is 380. The van der Waals surface area contributed by atoms with Gasteiger partial charge in [0.25, 0.3) is 0 Å². The maximum atomic E-state index is 4.97. The third kappa shape index (κ3) is 2.14. The predicted molar refractivity (Wildman–Crippen MR) is 57.5 cm³/mol. The van der Waals surface area contributed by atoms with Gasteiger partial charge < -0.3 is 9.73 Å². The maximum Gasteiger partial charge on any atom is 0.183 e. The predicted octanol–water partition coefficient (Wildman–Crippen LogP) is 2.91. The molecule has 0 aliphatic rings. The molecular formula is C10H12N2OS. The fourth-order valence-electron chi connectivity index (χ4n) is 1.12. The fraction of sp³-hybridized carbons (Fsp3) is 0.300. The summed E-state index contributed by atoms with van der Waals surface area (Å²) in [7, 11) is 0. The van der Waals surface area contributed by atoms with Crippen LogP contribution in [0, 0.1) is 0 Å². The Labute approximate surface area is 86.8 Å². The first kappa shape index (κ1) is 9.27. The number of hydrogen-bond donors (Lipinski definition) is 1. The summed E-state index contributed by atoms with van der Waals surface area (Å²) >= 11 is 1.64. The first-order valence-corrected chi connectivity index (χ1v) is 5.46. The van der Waals surface area contributed by atoms with Crippen LogP contribution in [0.3, 0.4) is 0 Å². The van der Waals surface area contributed by atoms with Crippen LogP contribution in [0.15, 0.2) is 28.4 Å². The third-order valence-electron chi connectivity index (χ3n) is 1.94. The molecular weight excluding hydrogens is 196 g/mol. The van der Waals surface area contributed by atoms with Gasteiger partial charge in [-0.15, -0.1) is 11.3 Å². The zero-order chi connectivity index (χ0) is 9.80. The van der Waals surface area contributed by atoms with Crippen molar-refractivity contribution in [2.45, 2.75) is 19.9 Å². The lowest BCUT2D eigenvalue weighted by molar-refractivity contribution is 0.564. The van der Waals surface area contributed by atoms with Gasteiger partial charge in [0.05, 0.1) is 18.2 Å². The highest BCUT2D eigenvalue weighted by molar-refractivity contribution is 7.13. The van der Waals surface area contributed by atoms with Crippen molar-refractivity contribution >= 4 is 16.5 Å². The molecule has 0 radical (unpaired) electrons. The molecule has 0 atom stereocenters. The van der Waals surface area contributed by atoms with Gasteiger partial charge in [0.15, 0.2) is 5.13 Å². The van der Waals surface area contributed by atoms with Crippen molar-refractivity contribution in [3.8, 4) is 0 Å². The first-order valence-electron chi connectivity index (χ1n) is 4.58. The van der Waals surface area contributed by atoms with Gasteiger partial charge in [-0.1, -0.05) is 6.92 Å². The lowest BCUT2D eigenvalue weighted by atomic mass is 10.3. The van der Waals surface area contributed by atoms with Crippen molar-refractivity contribution in [3.05, 3.63) is 35.2 Å². The Hall–Kier alpha value is -1.29. The van der Waals surface area contributed by atoms with E-state index in [1.807, 2.05) is 6.07 Å². The minimum atomic E-state index is 0.771. The third-order valence-corrected chi connectivity index (χ3v) is 2.79. The van der Waals surface area contributed by atoms with Crippen molar-refractivity contribution in [1.29, 1.82) is 0 Å². The van der Waals surface area contributed by atoms with Crippen LogP contribution in [0.4, 0.5) is 5.13 Å². The molecule has 14 heavy (non-hydrogen) atoms. The van der Waals surface area contributed by atoms with Crippen LogP contribution in [0.1, 0.15) is 18.2 Å². The number of aromatic nitrogens is 1. The van der Waals surface area contributed by atoms with E-state index in [1.54, 1.807) is 23.9 Å². The lowest BCUT2D eigenvalue weighted by Crippen LogP contribution is -1.97. The number of anilines is 1. The largest absolute Gasteiger partial charge is 0.472 e. The number of thiazole rings is 1. The molecule has 74 valence electrons. The number of nitrogens with one attached hydrogen (secondary N) is 1. The van der Waals surface area contributed by atoms with E-state index in [2.05, 4.69) is 22.6 Å². The molecule has 0 saturated carbocycles. The Balaban J connectivity index is 1.92. The van der Waals surface area contributed by atoms with Crippen molar-refractivity contribution in [3.63, 3.8) is 0 Å². The van der Waals surface area contributed by atoms with E-state index in [1.165, 1.54) is 0 Å². The first-order chi connectivity index (χ1) is 6.88. The molecule has 0 spiro atoms. The maximum absolute atomic E-state index is 4.97. The van der Waals surface area contributed by atoms with E-state index in [0.29, 0.717) is 0 Å². The molecule has 2 aromatic heterocycles. The normalized spacial score (nSPS) is 10.4. The molecule has 2 heterocycles. The van der Waals surface area contributed by atoms with Crippen LogP contribution in [-0.4, -0.2) is 4.98 Å². The van der Waals surface area contributed by atoms with Crippen molar-refractivity contribution in [2.24, 2.45) is 0 Å². The van der Waals surface area contributed by atoms with Gasteiger partial charge in [-0.25, -0.2) is 4.98 Å². The van der Waals surface area contributed by atoms with Gasteiger partial charge in [0, 0.05) is 17.5 Å². The van der Waals surface area contributed by atoms with Crippen LogP contribution < -0.4 is 5.32 Å². The highest BCUT2D eigenvalue weighted by atomic mass is 32.1. The standard InChI is InChI=1S/C10H12N2OS/c1-2-9-7-14-10(12-9)11-5-8-3-4-13-6-8/h3-4,6-7H,2,5H2,1H3,(H,11,12). The molecule has 0 aliphatic heterocycles. The summed E-state index contributed by atoms with van der Waals surface area (Å²) in [6.45, 7) is 2.88. The van der Waals surface area contributed by atoms with Gasteiger partial charge in [-0.05, 0) is 12.5 Å².